The van der Waals surface area contributed by atoms with Crippen LogP contribution in [0.3, 0.4) is 0 Å². The van der Waals surface area contributed by atoms with Gasteiger partial charge in [-0.2, -0.15) is 11.8 Å². The minimum atomic E-state index is -0.179. The number of nitrogens with one attached hydrogen (secondary N) is 1. The predicted octanol–water partition coefficient (Wildman–Crippen LogP) is 2.76. The monoisotopic (exact) mass is 307 g/mol. The van der Waals surface area contributed by atoms with Crippen LogP contribution in [-0.2, 0) is 12.2 Å². The molecule has 2 rings (SSSR count). The molecule has 0 unspecified atom stereocenters. The number of thiazole rings is 1. The van der Waals surface area contributed by atoms with Gasteiger partial charge in [0.25, 0.3) is 5.91 Å². The highest BCUT2D eigenvalue weighted by Crippen LogP contribution is 2.16. The fraction of sp³-hybridized carbons (Fsp3) is 0.286. The summed E-state index contributed by atoms with van der Waals surface area (Å²) in [6.07, 6.45) is 2.78. The summed E-state index contributed by atoms with van der Waals surface area (Å²) in [6, 6.07) is 7.87. The Morgan fingerprint density at radius 3 is 2.80 bits per heavy atom. The largest absolute Gasteiger partial charge is 0.330 e. The first-order valence-corrected chi connectivity index (χ1v) is 8.54. The van der Waals surface area contributed by atoms with Crippen LogP contribution >= 0.6 is 23.1 Å². The number of carbonyl (C=O) groups excluding carboxylic acids is 1. The first-order chi connectivity index (χ1) is 9.72. The van der Waals surface area contributed by atoms with Crippen LogP contribution in [0.4, 0.5) is 5.69 Å². The third-order valence-corrected chi connectivity index (χ3v) is 4.20. The van der Waals surface area contributed by atoms with Crippen molar-refractivity contribution >= 4 is 34.7 Å². The Morgan fingerprint density at radius 2 is 2.15 bits per heavy atom. The van der Waals surface area contributed by atoms with E-state index in [4.69, 9.17) is 5.73 Å². The molecule has 4 nitrogen and oxygen atoms in total. The van der Waals surface area contributed by atoms with E-state index >= 15 is 0 Å². The molecule has 20 heavy (non-hydrogen) atoms. The van der Waals surface area contributed by atoms with Crippen LogP contribution < -0.4 is 11.1 Å². The number of anilines is 1. The van der Waals surface area contributed by atoms with Crippen molar-refractivity contribution in [2.75, 3.05) is 18.1 Å². The summed E-state index contributed by atoms with van der Waals surface area (Å²) in [6.45, 7) is 0.547. The molecule has 0 atom stereocenters. The van der Waals surface area contributed by atoms with Gasteiger partial charge in [-0.15, -0.1) is 11.3 Å². The quantitative estimate of drug-likeness (QED) is 0.861. The van der Waals surface area contributed by atoms with Crippen LogP contribution in [0.1, 0.15) is 21.1 Å². The Kier molecular flexibility index (Phi) is 5.58. The summed E-state index contributed by atoms with van der Waals surface area (Å²) < 4.78 is 0. The van der Waals surface area contributed by atoms with E-state index in [2.05, 4.69) is 16.6 Å². The lowest BCUT2D eigenvalue weighted by Crippen LogP contribution is -2.12. The number of hydrogen-bond acceptors (Lipinski definition) is 5. The molecule has 0 spiro atoms. The second kappa shape index (κ2) is 7.42. The predicted molar refractivity (Wildman–Crippen MR) is 86.5 cm³/mol. The van der Waals surface area contributed by atoms with Gasteiger partial charge in [0.15, 0.2) is 0 Å². The molecule has 1 aromatic carbocycles. The lowest BCUT2D eigenvalue weighted by molar-refractivity contribution is 0.102. The summed E-state index contributed by atoms with van der Waals surface area (Å²) in [5.41, 5.74) is 7.95. The van der Waals surface area contributed by atoms with Crippen LogP contribution in [0.2, 0.25) is 0 Å². The van der Waals surface area contributed by atoms with Gasteiger partial charge in [0, 0.05) is 23.2 Å². The number of carbonyl (C=O) groups is 1. The lowest BCUT2D eigenvalue weighted by Gasteiger charge is -2.04. The highest BCUT2D eigenvalue weighted by atomic mass is 32.2. The second-order valence-electron chi connectivity index (χ2n) is 4.25. The normalized spacial score (nSPS) is 10.5. The second-order valence-corrected chi connectivity index (χ2v) is 6.06. The molecule has 0 saturated heterocycles. The minimum Gasteiger partial charge on any atom is -0.330 e. The fourth-order valence-electron chi connectivity index (χ4n) is 1.70. The zero-order valence-corrected chi connectivity index (χ0v) is 12.9. The van der Waals surface area contributed by atoms with Crippen molar-refractivity contribution < 1.29 is 4.79 Å². The number of benzene rings is 1. The molecule has 6 heteroatoms. The maximum atomic E-state index is 12.0. The van der Waals surface area contributed by atoms with Gasteiger partial charge in [0.2, 0.25) is 0 Å². The van der Waals surface area contributed by atoms with Crippen LogP contribution in [0.15, 0.2) is 29.6 Å². The Hall–Kier alpha value is -1.37. The molecule has 0 saturated carbocycles. The molecule has 1 amide bonds. The van der Waals surface area contributed by atoms with Gasteiger partial charge >= 0.3 is 0 Å². The van der Waals surface area contributed by atoms with E-state index in [1.54, 1.807) is 17.1 Å². The molecular formula is C14H17N3OS2. The number of thioether (sulfide) groups is 1. The zero-order chi connectivity index (χ0) is 14.4. The molecule has 0 bridgehead atoms. The number of nitrogens with two attached hydrogens (primary N) is 1. The van der Waals surface area contributed by atoms with E-state index in [1.807, 2.05) is 24.3 Å². The van der Waals surface area contributed by atoms with Crippen LogP contribution in [-0.4, -0.2) is 23.7 Å². The van der Waals surface area contributed by atoms with Crippen molar-refractivity contribution in [3.63, 3.8) is 0 Å². The first-order valence-electron chi connectivity index (χ1n) is 6.26. The molecule has 106 valence electrons. The molecule has 0 fully saturated rings. The van der Waals surface area contributed by atoms with Gasteiger partial charge in [0.1, 0.15) is 5.69 Å². The van der Waals surface area contributed by atoms with Crippen LogP contribution in [0, 0.1) is 0 Å². The molecule has 3 N–H and O–H groups in total. The number of rotatable bonds is 6. The number of nitrogens with zero attached hydrogens (tertiary/aromatic N) is 1. The number of aromatic nitrogens is 1. The summed E-state index contributed by atoms with van der Waals surface area (Å²) in [4.78, 5) is 16.3. The van der Waals surface area contributed by atoms with E-state index in [9.17, 15) is 4.79 Å². The molecule has 0 aliphatic rings. The van der Waals surface area contributed by atoms with E-state index in [0.29, 0.717) is 18.7 Å². The van der Waals surface area contributed by atoms with Crippen LogP contribution in [0.5, 0.6) is 0 Å². The molecule has 0 radical (unpaired) electrons. The smallest absolute Gasteiger partial charge is 0.275 e. The summed E-state index contributed by atoms with van der Waals surface area (Å²) in [5.74, 6) is 0.796. The van der Waals surface area contributed by atoms with Crippen LogP contribution in [0.25, 0.3) is 0 Å². The van der Waals surface area contributed by atoms with Gasteiger partial charge in [-0.05, 0) is 30.5 Å². The maximum absolute atomic E-state index is 12.0. The highest BCUT2D eigenvalue weighted by Gasteiger charge is 2.10. The molecule has 0 aliphatic heterocycles. The van der Waals surface area contributed by atoms with E-state index < -0.39 is 0 Å². The number of hydrogen-bond donors (Lipinski definition) is 2. The average Bonchev–Trinajstić information content (AvgIpc) is 2.90. The average molecular weight is 307 g/mol. The van der Waals surface area contributed by atoms with E-state index in [1.165, 1.54) is 16.9 Å². The summed E-state index contributed by atoms with van der Waals surface area (Å²) >= 11 is 3.24. The maximum Gasteiger partial charge on any atom is 0.275 e. The Morgan fingerprint density at radius 1 is 1.40 bits per heavy atom. The van der Waals surface area contributed by atoms with Gasteiger partial charge in [-0.25, -0.2) is 4.98 Å². The Labute approximate surface area is 126 Å². The SMILES string of the molecule is CSCc1ccc(NC(=O)c2csc(CCN)n2)cc1. The summed E-state index contributed by atoms with van der Waals surface area (Å²) in [7, 11) is 0. The Balaban J connectivity index is 1.99. The first kappa shape index (κ1) is 15.0. The zero-order valence-electron chi connectivity index (χ0n) is 11.3. The van der Waals surface area contributed by atoms with Crippen molar-refractivity contribution in [3.05, 3.63) is 45.9 Å². The van der Waals surface area contributed by atoms with E-state index in [-0.39, 0.29) is 5.91 Å². The van der Waals surface area contributed by atoms with Gasteiger partial charge in [-0.1, -0.05) is 12.1 Å². The standard InChI is InChI=1S/C14H17N3OS2/c1-19-8-10-2-4-11(5-3-10)16-14(18)12-9-20-13(17-12)6-7-15/h2-5,9H,6-8,15H2,1H3,(H,16,18). The molecule has 2 aromatic rings. The van der Waals surface area contributed by atoms with Crippen molar-refractivity contribution in [2.45, 2.75) is 12.2 Å². The molecule has 1 heterocycles. The van der Waals surface area contributed by atoms with Crippen molar-refractivity contribution in [3.8, 4) is 0 Å². The minimum absolute atomic E-state index is 0.179. The number of amides is 1. The fourth-order valence-corrected chi connectivity index (χ4v) is 3.02. The lowest BCUT2D eigenvalue weighted by atomic mass is 10.2. The third-order valence-electron chi connectivity index (χ3n) is 2.67. The van der Waals surface area contributed by atoms with Gasteiger partial charge in [0.05, 0.1) is 5.01 Å². The molecule has 1 aromatic heterocycles. The highest BCUT2D eigenvalue weighted by molar-refractivity contribution is 7.97. The third kappa shape index (κ3) is 4.06. The van der Waals surface area contributed by atoms with Crippen molar-refractivity contribution in [1.29, 1.82) is 0 Å². The van der Waals surface area contributed by atoms with E-state index in [0.717, 1.165) is 16.4 Å². The van der Waals surface area contributed by atoms with Gasteiger partial charge in [-0.3, -0.25) is 4.79 Å². The van der Waals surface area contributed by atoms with Crippen molar-refractivity contribution in [1.82, 2.24) is 4.98 Å². The Bertz CT molecular complexity index is 566. The molecular weight excluding hydrogens is 290 g/mol. The van der Waals surface area contributed by atoms with Crippen molar-refractivity contribution in [2.24, 2.45) is 5.73 Å². The molecule has 0 aliphatic carbocycles. The summed E-state index contributed by atoms with van der Waals surface area (Å²) in [5, 5.41) is 5.51. The topological polar surface area (TPSA) is 68.0 Å². The van der Waals surface area contributed by atoms with Gasteiger partial charge < -0.3 is 11.1 Å².